The topological polar surface area (TPSA) is 59.2 Å². The second kappa shape index (κ2) is 6.48. The van der Waals surface area contributed by atoms with Crippen molar-refractivity contribution >= 4 is 17.5 Å². The molecular formula is C16H18ClN3O2. The summed E-state index contributed by atoms with van der Waals surface area (Å²) < 4.78 is 5.24. The van der Waals surface area contributed by atoms with Gasteiger partial charge in [-0.05, 0) is 25.0 Å². The molecule has 116 valence electrons. The summed E-state index contributed by atoms with van der Waals surface area (Å²) in [6.07, 6.45) is 4.25. The monoisotopic (exact) mass is 319 g/mol. The molecule has 0 atom stereocenters. The predicted octanol–water partition coefficient (Wildman–Crippen LogP) is 3.54. The Morgan fingerprint density at radius 2 is 2.09 bits per heavy atom. The van der Waals surface area contributed by atoms with E-state index in [0.29, 0.717) is 23.3 Å². The second-order valence-corrected chi connectivity index (χ2v) is 6.07. The summed E-state index contributed by atoms with van der Waals surface area (Å²) in [6, 6.07) is 7.33. The van der Waals surface area contributed by atoms with Gasteiger partial charge >= 0.3 is 0 Å². The van der Waals surface area contributed by atoms with Gasteiger partial charge in [0.15, 0.2) is 0 Å². The molecule has 1 aliphatic carbocycles. The Hall–Kier alpha value is -1.88. The van der Waals surface area contributed by atoms with Crippen molar-refractivity contribution in [2.45, 2.75) is 32.2 Å². The van der Waals surface area contributed by atoms with Gasteiger partial charge < -0.3 is 9.42 Å². The number of carbonyl (C=O) groups excluding carboxylic acids is 1. The summed E-state index contributed by atoms with van der Waals surface area (Å²) in [6.45, 7) is 0.326. The molecule has 0 radical (unpaired) electrons. The van der Waals surface area contributed by atoms with Crippen LogP contribution in [0.2, 0.25) is 5.02 Å². The van der Waals surface area contributed by atoms with E-state index < -0.39 is 0 Å². The quantitative estimate of drug-likeness (QED) is 0.865. The van der Waals surface area contributed by atoms with Crippen molar-refractivity contribution < 1.29 is 9.32 Å². The first-order valence-corrected chi connectivity index (χ1v) is 7.85. The average Bonchev–Trinajstić information content (AvgIpc) is 3.18. The van der Waals surface area contributed by atoms with E-state index in [1.165, 1.54) is 0 Å². The molecule has 1 saturated carbocycles. The highest BCUT2D eigenvalue weighted by atomic mass is 35.5. The normalized spacial score (nSPS) is 15.2. The van der Waals surface area contributed by atoms with Crippen LogP contribution in [0.15, 0.2) is 28.8 Å². The van der Waals surface area contributed by atoms with Crippen LogP contribution in [0.4, 0.5) is 0 Å². The highest BCUT2D eigenvalue weighted by Crippen LogP contribution is 2.27. The van der Waals surface area contributed by atoms with E-state index in [-0.39, 0.29) is 11.8 Å². The van der Waals surface area contributed by atoms with E-state index in [0.717, 1.165) is 31.2 Å². The molecule has 1 heterocycles. The molecular weight excluding hydrogens is 302 g/mol. The van der Waals surface area contributed by atoms with E-state index >= 15 is 0 Å². The standard InChI is InChI=1S/C16H18ClN3O2/c1-20(16(21)11-6-2-3-7-11)10-14-18-15(19-22-14)12-8-4-5-9-13(12)17/h4-5,8-9,11H,2-3,6-7,10H2,1H3. The Kier molecular flexibility index (Phi) is 4.43. The van der Waals surface area contributed by atoms with Gasteiger partial charge in [0.05, 0.1) is 11.6 Å². The van der Waals surface area contributed by atoms with Gasteiger partial charge in [-0.25, -0.2) is 0 Å². The van der Waals surface area contributed by atoms with Gasteiger partial charge in [0.1, 0.15) is 0 Å². The maximum atomic E-state index is 12.3. The molecule has 0 unspecified atom stereocenters. The summed E-state index contributed by atoms with van der Waals surface area (Å²) in [7, 11) is 1.78. The van der Waals surface area contributed by atoms with Crippen LogP contribution < -0.4 is 0 Å². The first kappa shape index (κ1) is 15.0. The highest BCUT2D eigenvalue weighted by molar-refractivity contribution is 6.33. The predicted molar refractivity (Wildman–Crippen MR) is 83.2 cm³/mol. The smallest absolute Gasteiger partial charge is 0.246 e. The molecule has 2 aromatic rings. The number of hydrogen-bond donors (Lipinski definition) is 0. The summed E-state index contributed by atoms with van der Waals surface area (Å²) in [5, 5.41) is 4.52. The van der Waals surface area contributed by atoms with Crippen LogP contribution in [0.5, 0.6) is 0 Å². The van der Waals surface area contributed by atoms with E-state index in [2.05, 4.69) is 10.1 Å². The highest BCUT2D eigenvalue weighted by Gasteiger charge is 2.26. The molecule has 0 spiro atoms. The molecule has 3 rings (SSSR count). The fraction of sp³-hybridized carbons (Fsp3) is 0.438. The Morgan fingerprint density at radius 3 is 2.82 bits per heavy atom. The number of carbonyl (C=O) groups is 1. The Labute approximate surface area is 134 Å². The lowest BCUT2D eigenvalue weighted by atomic mass is 10.1. The van der Waals surface area contributed by atoms with Crippen molar-refractivity contribution in [1.82, 2.24) is 15.0 Å². The Morgan fingerprint density at radius 1 is 1.36 bits per heavy atom. The molecule has 1 aromatic carbocycles. The van der Waals surface area contributed by atoms with Crippen LogP contribution in [0.25, 0.3) is 11.4 Å². The number of hydrogen-bond acceptors (Lipinski definition) is 4. The summed E-state index contributed by atoms with van der Waals surface area (Å²) in [5.41, 5.74) is 0.726. The minimum atomic E-state index is 0.149. The fourth-order valence-corrected chi connectivity index (χ4v) is 3.06. The third-order valence-corrected chi connectivity index (χ3v) is 4.37. The fourth-order valence-electron chi connectivity index (χ4n) is 2.84. The van der Waals surface area contributed by atoms with Gasteiger partial charge in [-0.1, -0.05) is 41.7 Å². The largest absolute Gasteiger partial charge is 0.337 e. The molecule has 5 nitrogen and oxygen atoms in total. The number of rotatable bonds is 4. The van der Waals surface area contributed by atoms with Gasteiger partial charge in [0.2, 0.25) is 17.6 Å². The van der Waals surface area contributed by atoms with Crippen molar-refractivity contribution in [3.05, 3.63) is 35.2 Å². The van der Waals surface area contributed by atoms with E-state index in [4.69, 9.17) is 16.1 Å². The number of aromatic nitrogens is 2. The molecule has 0 saturated heterocycles. The lowest BCUT2D eigenvalue weighted by Gasteiger charge is -2.18. The molecule has 1 aliphatic rings. The minimum Gasteiger partial charge on any atom is -0.337 e. The first-order valence-electron chi connectivity index (χ1n) is 7.47. The van der Waals surface area contributed by atoms with E-state index in [9.17, 15) is 4.79 Å². The molecule has 1 aromatic heterocycles. The van der Waals surface area contributed by atoms with E-state index in [1.54, 1.807) is 18.0 Å². The maximum absolute atomic E-state index is 12.3. The molecule has 0 bridgehead atoms. The number of benzene rings is 1. The molecule has 6 heteroatoms. The van der Waals surface area contributed by atoms with Crippen molar-refractivity contribution in [2.24, 2.45) is 5.92 Å². The Balaban J connectivity index is 1.69. The minimum absolute atomic E-state index is 0.149. The third kappa shape index (κ3) is 3.14. The van der Waals surface area contributed by atoms with Gasteiger partial charge in [-0.15, -0.1) is 0 Å². The SMILES string of the molecule is CN(Cc1nc(-c2ccccc2Cl)no1)C(=O)C1CCCC1. The summed E-state index contributed by atoms with van der Waals surface area (Å²) in [5.74, 6) is 1.18. The number of amides is 1. The van der Waals surface area contributed by atoms with Gasteiger partial charge in [-0.2, -0.15) is 4.98 Å². The van der Waals surface area contributed by atoms with Gasteiger partial charge in [0, 0.05) is 18.5 Å². The molecule has 22 heavy (non-hydrogen) atoms. The zero-order valence-electron chi connectivity index (χ0n) is 12.5. The molecule has 1 amide bonds. The number of nitrogens with zero attached hydrogens (tertiary/aromatic N) is 3. The summed E-state index contributed by atoms with van der Waals surface area (Å²) >= 11 is 6.12. The van der Waals surface area contributed by atoms with Gasteiger partial charge in [-0.3, -0.25) is 4.79 Å². The first-order chi connectivity index (χ1) is 10.6. The van der Waals surface area contributed by atoms with Crippen LogP contribution in [0.1, 0.15) is 31.6 Å². The lowest BCUT2D eigenvalue weighted by molar-refractivity contribution is -0.134. The summed E-state index contributed by atoms with van der Waals surface area (Å²) in [4.78, 5) is 18.3. The zero-order valence-corrected chi connectivity index (χ0v) is 13.2. The number of halogens is 1. The zero-order chi connectivity index (χ0) is 15.5. The Bertz CT molecular complexity index is 665. The van der Waals surface area contributed by atoms with Crippen molar-refractivity contribution in [2.75, 3.05) is 7.05 Å². The van der Waals surface area contributed by atoms with Crippen molar-refractivity contribution in [3.63, 3.8) is 0 Å². The van der Waals surface area contributed by atoms with Crippen LogP contribution >= 0.6 is 11.6 Å². The average molecular weight is 320 g/mol. The van der Waals surface area contributed by atoms with Crippen LogP contribution in [0, 0.1) is 5.92 Å². The van der Waals surface area contributed by atoms with Crippen LogP contribution in [0.3, 0.4) is 0 Å². The molecule has 1 fully saturated rings. The second-order valence-electron chi connectivity index (χ2n) is 5.67. The van der Waals surface area contributed by atoms with Crippen molar-refractivity contribution in [3.8, 4) is 11.4 Å². The van der Waals surface area contributed by atoms with Crippen LogP contribution in [-0.4, -0.2) is 28.0 Å². The lowest BCUT2D eigenvalue weighted by Crippen LogP contribution is -2.31. The molecule has 0 N–H and O–H groups in total. The third-order valence-electron chi connectivity index (χ3n) is 4.04. The van der Waals surface area contributed by atoms with Crippen LogP contribution in [-0.2, 0) is 11.3 Å². The van der Waals surface area contributed by atoms with E-state index in [1.807, 2.05) is 18.2 Å². The molecule has 0 aliphatic heterocycles. The van der Waals surface area contributed by atoms with Crippen molar-refractivity contribution in [1.29, 1.82) is 0 Å². The van der Waals surface area contributed by atoms with Gasteiger partial charge in [0.25, 0.3) is 0 Å². The maximum Gasteiger partial charge on any atom is 0.246 e.